The molecule has 5 nitrogen and oxygen atoms in total. The molecule has 0 radical (unpaired) electrons. The Kier molecular flexibility index (Phi) is 4.59. The van der Waals surface area contributed by atoms with Crippen molar-refractivity contribution in [2.45, 2.75) is 27.7 Å². The van der Waals surface area contributed by atoms with Gasteiger partial charge >= 0.3 is 0 Å². The Morgan fingerprint density at radius 2 is 1.88 bits per heavy atom. The maximum absolute atomic E-state index is 12.7. The Morgan fingerprint density at radius 3 is 2.56 bits per heavy atom. The molecule has 1 N–H and O–H groups in total. The lowest BCUT2D eigenvalue weighted by molar-refractivity contribution is 0.102. The van der Waals surface area contributed by atoms with Crippen LogP contribution in [0.4, 0.5) is 5.69 Å². The predicted octanol–water partition coefficient (Wildman–Crippen LogP) is 4.41. The van der Waals surface area contributed by atoms with Crippen LogP contribution in [0.15, 0.2) is 36.4 Å². The van der Waals surface area contributed by atoms with Crippen LogP contribution in [-0.4, -0.2) is 20.7 Å². The molecule has 0 saturated heterocycles. The Morgan fingerprint density at radius 1 is 1.12 bits per heavy atom. The first-order valence-electron chi connectivity index (χ1n) is 7.94. The number of carbonyl (C=O) groups is 1. The van der Waals surface area contributed by atoms with Gasteiger partial charge in [-0.15, -0.1) is 0 Å². The number of pyridine rings is 1. The smallest absolute Gasteiger partial charge is 0.275 e. The molecule has 0 bridgehead atoms. The fourth-order valence-electron chi connectivity index (χ4n) is 2.64. The van der Waals surface area contributed by atoms with E-state index < -0.39 is 0 Å². The number of nitrogens with one attached hydrogen (secondary N) is 1. The molecule has 128 valence electrons. The molecular formula is C19H19ClN4O. The highest BCUT2D eigenvalue weighted by Gasteiger charge is 2.16. The van der Waals surface area contributed by atoms with Crippen molar-refractivity contribution in [2.24, 2.45) is 0 Å². The first-order valence-corrected chi connectivity index (χ1v) is 8.32. The van der Waals surface area contributed by atoms with Crippen LogP contribution in [0.5, 0.6) is 0 Å². The number of nitrogens with zero attached hydrogens (tertiary/aromatic N) is 3. The zero-order valence-electron chi connectivity index (χ0n) is 14.6. The normalized spacial score (nSPS) is 10.8. The lowest BCUT2D eigenvalue weighted by Gasteiger charge is -2.12. The molecule has 2 heterocycles. The number of rotatable bonds is 3. The van der Waals surface area contributed by atoms with Crippen molar-refractivity contribution in [3.63, 3.8) is 0 Å². The number of benzene rings is 1. The number of hydrogen-bond acceptors (Lipinski definition) is 3. The van der Waals surface area contributed by atoms with E-state index in [0.29, 0.717) is 10.8 Å². The van der Waals surface area contributed by atoms with E-state index in [1.54, 1.807) is 16.8 Å². The molecule has 1 amide bonds. The van der Waals surface area contributed by atoms with Gasteiger partial charge in [-0.25, -0.2) is 9.67 Å². The van der Waals surface area contributed by atoms with Gasteiger partial charge in [-0.05, 0) is 63.1 Å². The van der Waals surface area contributed by atoms with E-state index in [2.05, 4.69) is 15.4 Å². The van der Waals surface area contributed by atoms with Crippen LogP contribution in [0, 0.1) is 27.7 Å². The summed E-state index contributed by atoms with van der Waals surface area (Å²) < 4.78 is 1.69. The summed E-state index contributed by atoms with van der Waals surface area (Å²) in [6.45, 7) is 7.81. The molecule has 3 aromatic rings. The van der Waals surface area contributed by atoms with Crippen LogP contribution in [-0.2, 0) is 0 Å². The molecule has 0 saturated carbocycles. The third kappa shape index (κ3) is 3.42. The van der Waals surface area contributed by atoms with Crippen LogP contribution in [0.25, 0.3) is 5.82 Å². The van der Waals surface area contributed by atoms with Crippen molar-refractivity contribution in [1.29, 1.82) is 0 Å². The number of aromatic nitrogens is 3. The van der Waals surface area contributed by atoms with Gasteiger partial charge in [0.25, 0.3) is 5.91 Å². The molecule has 0 aliphatic rings. The number of anilines is 1. The minimum atomic E-state index is -0.345. The summed E-state index contributed by atoms with van der Waals surface area (Å²) >= 11 is 6.21. The van der Waals surface area contributed by atoms with E-state index >= 15 is 0 Å². The van der Waals surface area contributed by atoms with Gasteiger partial charge < -0.3 is 5.32 Å². The van der Waals surface area contributed by atoms with Gasteiger partial charge in [0.05, 0.1) is 10.7 Å². The lowest BCUT2D eigenvalue weighted by Crippen LogP contribution is -2.17. The fraction of sp³-hybridized carbons (Fsp3) is 0.211. The maximum atomic E-state index is 12.7. The summed E-state index contributed by atoms with van der Waals surface area (Å²) in [4.78, 5) is 17.1. The second-order valence-corrected chi connectivity index (χ2v) is 6.45. The first kappa shape index (κ1) is 17.2. The van der Waals surface area contributed by atoms with Gasteiger partial charge in [-0.3, -0.25) is 4.79 Å². The standard InChI is InChI=1S/C19H19ClN4O/c1-11-6-5-7-16(14(11)4)21-19(25)18-15(20)8-9-17(22-18)24-13(3)10-12(2)23-24/h5-10H,1-4H3,(H,21,25). The van der Waals surface area contributed by atoms with Gasteiger partial charge in [-0.2, -0.15) is 5.10 Å². The summed E-state index contributed by atoms with van der Waals surface area (Å²) in [5.41, 5.74) is 4.87. The largest absolute Gasteiger partial charge is 0.320 e. The average molecular weight is 355 g/mol. The number of carbonyl (C=O) groups excluding carboxylic acids is 1. The molecule has 0 unspecified atom stereocenters. The quantitative estimate of drug-likeness (QED) is 0.758. The minimum absolute atomic E-state index is 0.174. The highest BCUT2D eigenvalue weighted by molar-refractivity contribution is 6.34. The zero-order valence-corrected chi connectivity index (χ0v) is 15.3. The number of aryl methyl sites for hydroxylation is 3. The van der Waals surface area contributed by atoms with Crippen LogP contribution in [0.1, 0.15) is 33.0 Å². The third-order valence-corrected chi connectivity index (χ3v) is 4.43. The van der Waals surface area contributed by atoms with Crippen LogP contribution >= 0.6 is 11.6 Å². The molecular weight excluding hydrogens is 336 g/mol. The summed E-state index contributed by atoms with van der Waals surface area (Å²) in [6, 6.07) is 11.1. The molecule has 0 spiro atoms. The molecule has 25 heavy (non-hydrogen) atoms. The van der Waals surface area contributed by atoms with E-state index in [-0.39, 0.29) is 11.6 Å². The fourth-order valence-corrected chi connectivity index (χ4v) is 2.83. The van der Waals surface area contributed by atoms with Crippen LogP contribution in [0.2, 0.25) is 5.02 Å². The second-order valence-electron chi connectivity index (χ2n) is 6.04. The van der Waals surface area contributed by atoms with Gasteiger partial charge in [0.15, 0.2) is 5.82 Å². The van der Waals surface area contributed by atoms with Gasteiger partial charge in [0.2, 0.25) is 0 Å². The van der Waals surface area contributed by atoms with E-state index in [1.165, 1.54) is 0 Å². The number of halogens is 1. The van der Waals surface area contributed by atoms with Crippen molar-refractivity contribution in [3.05, 3.63) is 69.6 Å². The van der Waals surface area contributed by atoms with Gasteiger partial charge in [0, 0.05) is 11.4 Å². The lowest BCUT2D eigenvalue weighted by atomic mass is 10.1. The molecule has 6 heteroatoms. The van der Waals surface area contributed by atoms with Crippen molar-refractivity contribution >= 4 is 23.2 Å². The molecule has 3 rings (SSSR count). The molecule has 2 aromatic heterocycles. The van der Waals surface area contributed by atoms with Crippen LogP contribution in [0.3, 0.4) is 0 Å². The summed E-state index contributed by atoms with van der Waals surface area (Å²) in [5.74, 6) is 0.211. The summed E-state index contributed by atoms with van der Waals surface area (Å²) in [6.07, 6.45) is 0. The van der Waals surface area contributed by atoms with Gasteiger partial charge in [-0.1, -0.05) is 23.7 Å². The zero-order chi connectivity index (χ0) is 18.1. The van der Waals surface area contributed by atoms with Crippen molar-refractivity contribution in [3.8, 4) is 5.82 Å². The molecule has 0 fully saturated rings. The topological polar surface area (TPSA) is 59.8 Å². The molecule has 0 atom stereocenters. The monoisotopic (exact) mass is 354 g/mol. The van der Waals surface area contributed by atoms with Crippen molar-refractivity contribution in [1.82, 2.24) is 14.8 Å². The van der Waals surface area contributed by atoms with E-state index in [1.807, 2.05) is 52.0 Å². The summed E-state index contributed by atoms with van der Waals surface area (Å²) in [5, 5.41) is 7.59. The number of hydrogen-bond donors (Lipinski definition) is 1. The predicted molar refractivity (Wildman–Crippen MR) is 99.7 cm³/mol. The average Bonchev–Trinajstić information content (AvgIpc) is 2.90. The van der Waals surface area contributed by atoms with E-state index in [9.17, 15) is 4.79 Å². The Balaban J connectivity index is 1.96. The third-order valence-electron chi connectivity index (χ3n) is 4.13. The molecule has 1 aromatic carbocycles. The molecule has 0 aliphatic heterocycles. The minimum Gasteiger partial charge on any atom is -0.320 e. The summed E-state index contributed by atoms with van der Waals surface area (Å²) in [7, 11) is 0. The maximum Gasteiger partial charge on any atom is 0.275 e. The Bertz CT molecular complexity index is 962. The van der Waals surface area contributed by atoms with Crippen molar-refractivity contribution < 1.29 is 4.79 Å². The Hall–Kier alpha value is -2.66. The highest BCUT2D eigenvalue weighted by atomic mass is 35.5. The number of amides is 1. The first-order chi connectivity index (χ1) is 11.9. The Labute approximate surface area is 151 Å². The highest BCUT2D eigenvalue weighted by Crippen LogP contribution is 2.22. The SMILES string of the molecule is Cc1cc(C)n(-c2ccc(Cl)c(C(=O)Nc3cccc(C)c3C)n2)n1. The second kappa shape index (κ2) is 6.69. The van der Waals surface area contributed by atoms with Crippen LogP contribution < -0.4 is 5.32 Å². The van der Waals surface area contributed by atoms with Gasteiger partial charge in [0.1, 0.15) is 5.69 Å². The van der Waals surface area contributed by atoms with E-state index in [4.69, 9.17) is 11.6 Å². The molecule has 0 aliphatic carbocycles. The van der Waals surface area contributed by atoms with Crippen molar-refractivity contribution in [2.75, 3.05) is 5.32 Å². The van der Waals surface area contributed by atoms with E-state index in [0.717, 1.165) is 28.2 Å².